The normalized spacial score (nSPS) is 20.1. The first-order valence-corrected chi connectivity index (χ1v) is 7.06. The number of hydrogen-bond acceptors (Lipinski definition) is 6. The molecule has 1 fully saturated rings. The molecule has 2 N–H and O–H groups in total. The van der Waals surface area contributed by atoms with Crippen LogP contribution >= 0.6 is 0 Å². The number of hydrogen-bond donors (Lipinski definition) is 1. The molecule has 0 radical (unpaired) electrons. The molecule has 1 aromatic carbocycles. The number of nitrogens with two attached hydrogens (primary N) is 1. The minimum Gasteiger partial charge on any atom is -0.487 e. The van der Waals surface area contributed by atoms with E-state index in [1.165, 1.54) is 6.07 Å². The number of anilines is 1. The van der Waals surface area contributed by atoms with Crippen molar-refractivity contribution in [2.45, 2.75) is 26.0 Å². The average molecular weight is 295 g/mol. The van der Waals surface area contributed by atoms with Gasteiger partial charge in [-0.2, -0.15) is 0 Å². The van der Waals surface area contributed by atoms with Gasteiger partial charge in [-0.05, 0) is 19.9 Å². The minimum atomic E-state index is -0.432. The number of nitro benzene ring substituents is 1. The van der Waals surface area contributed by atoms with Crippen LogP contribution in [0.4, 0.5) is 11.4 Å². The van der Waals surface area contributed by atoms with E-state index in [0.29, 0.717) is 25.5 Å². The zero-order valence-electron chi connectivity index (χ0n) is 12.3. The molecule has 1 aliphatic rings. The quantitative estimate of drug-likeness (QED) is 0.654. The van der Waals surface area contributed by atoms with Gasteiger partial charge in [-0.1, -0.05) is 0 Å². The molecule has 0 spiro atoms. The molecule has 1 aromatic rings. The number of rotatable bonds is 5. The lowest BCUT2D eigenvalue weighted by molar-refractivity contribution is -0.385. The van der Waals surface area contributed by atoms with E-state index in [4.69, 9.17) is 15.2 Å². The average Bonchev–Trinajstić information content (AvgIpc) is 2.47. The summed E-state index contributed by atoms with van der Waals surface area (Å²) in [6.07, 6.45) is -0.0375. The summed E-state index contributed by atoms with van der Waals surface area (Å²) in [6.45, 7) is 6.09. The Labute approximate surface area is 123 Å². The Hall–Kier alpha value is -1.86. The molecular weight excluding hydrogens is 274 g/mol. The van der Waals surface area contributed by atoms with Crippen LogP contribution in [-0.4, -0.2) is 43.4 Å². The highest BCUT2D eigenvalue weighted by molar-refractivity contribution is 5.59. The molecule has 7 heteroatoms. The fraction of sp³-hybridized carbons (Fsp3) is 0.571. The third-order valence-corrected chi connectivity index (χ3v) is 3.48. The fourth-order valence-electron chi connectivity index (χ4n) is 2.35. The van der Waals surface area contributed by atoms with Gasteiger partial charge in [-0.15, -0.1) is 0 Å². The second-order valence-corrected chi connectivity index (χ2v) is 5.06. The zero-order valence-corrected chi connectivity index (χ0v) is 12.3. The maximum absolute atomic E-state index is 11.0. The monoisotopic (exact) mass is 295 g/mol. The summed E-state index contributed by atoms with van der Waals surface area (Å²) in [5.41, 5.74) is 6.75. The van der Waals surface area contributed by atoms with Crippen LogP contribution in [0.2, 0.25) is 0 Å². The minimum absolute atomic E-state index is 0.0161. The second kappa shape index (κ2) is 6.73. The van der Waals surface area contributed by atoms with Gasteiger partial charge >= 0.3 is 5.69 Å². The summed E-state index contributed by atoms with van der Waals surface area (Å²) < 4.78 is 11.0. The summed E-state index contributed by atoms with van der Waals surface area (Å²) in [7, 11) is 0. The topological polar surface area (TPSA) is 90.9 Å². The molecule has 21 heavy (non-hydrogen) atoms. The molecule has 7 nitrogen and oxygen atoms in total. The number of morpholine rings is 1. The predicted octanol–water partition coefficient (Wildman–Crippen LogP) is 1.55. The van der Waals surface area contributed by atoms with Crippen LogP contribution < -0.4 is 15.4 Å². The largest absolute Gasteiger partial charge is 0.487 e. The Morgan fingerprint density at radius 3 is 3.00 bits per heavy atom. The Morgan fingerprint density at radius 2 is 2.38 bits per heavy atom. The van der Waals surface area contributed by atoms with E-state index < -0.39 is 4.92 Å². The molecule has 0 saturated carbocycles. The van der Waals surface area contributed by atoms with Crippen LogP contribution in [0.3, 0.4) is 0 Å². The van der Waals surface area contributed by atoms with Gasteiger partial charge in [0.15, 0.2) is 5.75 Å². The van der Waals surface area contributed by atoms with E-state index >= 15 is 0 Å². The first-order valence-electron chi connectivity index (χ1n) is 7.06. The SMILES string of the molecule is CCOc1cc(N2CCOC(C(C)N)C2)ccc1[N+](=O)[O-]. The molecule has 1 heterocycles. The van der Waals surface area contributed by atoms with Crippen molar-refractivity contribution in [3.8, 4) is 5.75 Å². The van der Waals surface area contributed by atoms with Crippen molar-refractivity contribution in [1.82, 2.24) is 0 Å². The van der Waals surface area contributed by atoms with Crippen LogP contribution in [0.15, 0.2) is 18.2 Å². The van der Waals surface area contributed by atoms with E-state index in [2.05, 4.69) is 4.90 Å². The Bertz CT molecular complexity index is 507. The zero-order chi connectivity index (χ0) is 15.4. The standard InChI is InChI=1S/C14H21N3O4/c1-3-20-13-8-11(4-5-12(13)17(18)19)16-6-7-21-14(9-16)10(2)15/h4-5,8,10,14H,3,6-7,9,15H2,1-2H3. The lowest BCUT2D eigenvalue weighted by Gasteiger charge is -2.36. The number of ether oxygens (including phenoxy) is 2. The fourth-order valence-corrected chi connectivity index (χ4v) is 2.35. The third-order valence-electron chi connectivity index (χ3n) is 3.48. The summed E-state index contributed by atoms with van der Waals surface area (Å²) in [4.78, 5) is 12.7. The molecule has 1 aliphatic heterocycles. The van der Waals surface area contributed by atoms with Crippen LogP contribution in [-0.2, 0) is 4.74 Å². The molecule has 2 rings (SSSR count). The first-order chi connectivity index (χ1) is 10.0. The molecule has 2 atom stereocenters. The lowest BCUT2D eigenvalue weighted by Crippen LogP contribution is -2.49. The first kappa shape index (κ1) is 15.5. The van der Waals surface area contributed by atoms with Crippen molar-refractivity contribution in [1.29, 1.82) is 0 Å². The summed E-state index contributed by atoms with van der Waals surface area (Å²) >= 11 is 0. The number of nitrogens with zero attached hydrogens (tertiary/aromatic N) is 2. The number of benzene rings is 1. The van der Waals surface area contributed by atoms with Crippen molar-refractivity contribution in [2.24, 2.45) is 5.73 Å². The lowest BCUT2D eigenvalue weighted by atomic mass is 10.1. The van der Waals surface area contributed by atoms with Gasteiger partial charge in [-0.25, -0.2) is 0 Å². The molecular formula is C14H21N3O4. The van der Waals surface area contributed by atoms with Crippen LogP contribution in [0.1, 0.15) is 13.8 Å². The molecule has 0 aliphatic carbocycles. The van der Waals surface area contributed by atoms with E-state index in [0.717, 1.165) is 12.2 Å². The van der Waals surface area contributed by atoms with Gasteiger partial charge in [-0.3, -0.25) is 10.1 Å². The molecule has 1 saturated heterocycles. The highest BCUT2D eigenvalue weighted by Gasteiger charge is 2.25. The van der Waals surface area contributed by atoms with Crippen LogP contribution in [0.25, 0.3) is 0 Å². The van der Waals surface area contributed by atoms with Gasteiger partial charge in [0.05, 0.1) is 24.2 Å². The smallest absolute Gasteiger partial charge is 0.311 e. The molecule has 2 unspecified atom stereocenters. The van der Waals surface area contributed by atoms with Crippen molar-refractivity contribution in [3.63, 3.8) is 0 Å². The van der Waals surface area contributed by atoms with Crippen LogP contribution in [0.5, 0.6) is 5.75 Å². The molecule has 0 amide bonds. The van der Waals surface area contributed by atoms with Gasteiger partial charge in [0.2, 0.25) is 0 Å². The number of nitro groups is 1. The highest BCUT2D eigenvalue weighted by Crippen LogP contribution is 2.32. The van der Waals surface area contributed by atoms with Crippen molar-refractivity contribution in [3.05, 3.63) is 28.3 Å². The predicted molar refractivity (Wildman–Crippen MR) is 79.9 cm³/mol. The Morgan fingerprint density at radius 1 is 1.62 bits per heavy atom. The van der Waals surface area contributed by atoms with Gasteiger partial charge in [0.1, 0.15) is 0 Å². The summed E-state index contributed by atoms with van der Waals surface area (Å²) in [5.74, 6) is 0.295. The maximum atomic E-state index is 11.0. The third kappa shape index (κ3) is 3.62. The van der Waals surface area contributed by atoms with E-state index in [9.17, 15) is 10.1 Å². The second-order valence-electron chi connectivity index (χ2n) is 5.06. The van der Waals surface area contributed by atoms with E-state index in [1.54, 1.807) is 19.1 Å². The van der Waals surface area contributed by atoms with Crippen molar-refractivity contribution >= 4 is 11.4 Å². The molecule has 0 aromatic heterocycles. The Kier molecular flexibility index (Phi) is 4.98. The van der Waals surface area contributed by atoms with Crippen molar-refractivity contribution < 1.29 is 14.4 Å². The van der Waals surface area contributed by atoms with E-state index in [1.807, 2.05) is 6.92 Å². The highest BCUT2D eigenvalue weighted by atomic mass is 16.6. The Balaban J connectivity index is 2.23. The van der Waals surface area contributed by atoms with Gasteiger partial charge in [0, 0.05) is 37.0 Å². The maximum Gasteiger partial charge on any atom is 0.311 e. The van der Waals surface area contributed by atoms with Gasteiger partial charge in [0.25, 0.3) is 0 Å². The molecule has 116 valence electrons. The summed E-state index contributed by atoms with van der Waals surface area (Å²) in [6, 6.07) is 4.88. The van der Waals surface area contributed by atoms with Crippen molar-refractivity contribution in [2.75, 3.05) is 31.2 Å². The van der Waals surface area contributed by atoms with Gasteiger partial charge < -0.3 is 20.1 Å². The van der Waals surface area contributed by atoms with Crippen LogP contribution in [0, 0.1) is 10.1 Å². The van der Waals surface area contributed by atoms with E-state index in [-0.39, 0.29) is 17.8 Å². The molecule has 0 bridgehead atoms. The summed E-state index contributed by atoms with van der Waals surface area (Å²) in [5, 5.41) is 11.0.